The molecule has 27 heavy (non-hydrogen) atoms. The molecule has 0 spiro atoms. The molecule has 1 atom stereocenters. The van der Waals surface area contributed by atoms with Crippen molar-refractivity contribution in [3.8, 4) is 0 Å². The van der Waals surface area contributed by atoms with Gasteiger partial charge in [-0.2, -0.15) is 5.10 Å². The molecular formula is C20H29BrIN5. The molecule has 1 N–H and O–H groups in total. The normalized spacial score (nSPS) is 17.7. The number of aliphatic imine (C=N–C) groups is 1. The fourth-order valence-corrected chi connectivity index (χ4v) is 3.78. The molecule has 0 aliphatic carbocycles. The van der Waals surface area contributed by atoms with E-state index in [1.165, 1.54) is 11.1 Å². The van der Waals surface area contributed by atoms with Crippen molar-refractivity contribution in [3.05, 3.63) is 52.3 Å². The summed E-state index contributed by atoms with van der Waals surface area (Å²) in [6, 6.07) is 8.57. The number of benzene rings is 1. The summed E-state index contributed by atoms with van der Waals surface area (Å²) in [5.74, 6) is 1.52. The lowest BCUT2D eigenvalue weighted by Gasteiger charge is -2.29. The second kappa shape index (κ2) is 9.41. The van der Waals surface area contributed by atoms with Crippen LogP contribution < -0.4 is 5.32 Å². The Bertz CT molecular complexity index is 769. The molecule has 7 heteroatoms. The van der Waals surface area contributed by atoms with Gasteiger partial charge in [0.2, 0.25) is 0 Å². The SMILES string of the molecule is CN=C(NCC(C)(C)c1ccc(Br)cc1)N1CCC(c2cnn(C)c2)C1.I. The van der Waals surface area contributed by atoms with Crippen LogP contribution in [-0.4, -0.2) is 47.3 Å². The van der Waals surface area contributed by atoms with Gasteiger partial charge in [0, 0.05) is 55.7 Å². The van der Waals surface area contributed by atoms with E-state index in [9.17, 15) is 0 Å². The van der Waals surface area contributed by atoms with Crippen LogP contribution in [0.15, 0.2) is 46.1 Å². The number of aryl methyl sites for hydroxylation is 1. The van der Waals surface area contributed by atoms with Crippen molar-refractivity contribution < 1.29 is 0 Å². The first kappa shape index (κ1) is 22.2. The Kier molecular flexibility index (Phi) is 7.73. The molecular weight excluding hydrogens is 517 g/mol. The fourth-order valence-electron chi connectivity index (χ4n) is 3.51. The Morgan fingerprint density at radius 2 is 2.04 bits per heavy atom. The van der Waals surface area contributed by atoms with Crippen molar-refractivity contribution in [2.24, 2.45) is 12.0 Å². The van der Waals surface area contributed by atoms with Gasteiger partial charge in [-0.1, -0.05) is 41.9 Å². The predicted octanol–water partition coefficient (Wildman–Crippen LogP) is 4.14. The average Bonchev–Trinajstić information content (AvgIpc) is 3.25. The molecule has 1 aromatic carbocycles. The number of guanidine groups is 1. The van der Waals surface area contributed by atoms with Gasteiger partial charge in [-0.05, 0) is 29.7 Å². The molecule has 2 heterocycles. The van der Waals surface area contributed by atoms with Crippen molar-refractivity contribution in [2.45, 2.75) is 31.6 Å². The zero-order valence-corrected chi connectivity index (χ0v) is 20.4. The molecule has 0 radical (unpaired) electrons. The summed E-state index contributed by atoms with van der Waals surface area (Å²) in [5.41, 5.74) is 2.66. The fraction of sp³-hybridized carbons (Fsp3) is 0.500. The van der Waals surface area contributed by atoms with Gasteiger partial charge in [-0.3, -0.25) is 9.67 Å². The molecule has 5 nitrogen and oxygen atoms in total. The second-order valence-corrected chi connectivity index (χ2v) is 8.59. The molecule has 1 saturated heterocycles. The maximum absolute atomic E-state index is 4.52. The highest BCUT2D eigenvalue weighted by atomic mass is 127. The molecule has 3 rings (SSSR count). The molecule has 1 unspecified atom stereocenters. The summed E-state index contributed by atoms with van der Waals surface area (Å²) in [6.45, 7) is 7.38. The van der Waals surface area contributed by atoms with Crippen LogP contribution in [0.1, 0.15) is 37.3 Å². The first-order valence-electron chi connectivity index (χ1n) is 9.09. The van der Waals surface area contributed by atoms with Crippen molar-refractivity contribution in [1.29, 1.82) is 0 Å². The first-order valence-corrected chi connectivity index (χ1v) is 9.88. The van der Waals surface area contributed by atoms with E-state index in [2.05, 4.69) is 80.5 Å². The zero-order valence-electron chi connectivity index (χ0n) is 16.4. The third kappa shape index (κ3) is 5.47. The van der Waals surface area contributed by atoms with E-state index >= 15 is 0 Å². The van der Waals surface area contributed by atoms with Crippen molar-refractivity contribution in [2.75, 3.05) is 26.7 Å². The summed E-state index contributed by atoms with van der Waals surface area (Å²) in [7, 11) is 3.84. The highest BCUT2D eigenvalue weighted by Crippen LogP contribution is 2.27. The summed E-state index contributed by atoms with van der Waals surface area (Å²) in [4.78, 5) is 6.87. The highest BCUT2D eigenvalue weighted by Gasteiger charge is 2.28. The van der Waals surface area contributed by atoms with Crippen LogP contribution in [0.2, 0.25) is 0 Å². The summed E-state index contributed by atoms with van der Waals surface area (Å²) < 4.78 is 2.99. The summed E-state index contributed by atoms with van der Waals surface area (Å²) in [6.07, 6.45) is 5.25. The minimum Gasteiger partial charge on any atom is -0.355 e. The number of hydrogen-bond donors (Lipinski definition) is 1. The Balaban J connectivity index is 0.00000261. The van der Waals surface area contributed by atoms with Crippen molar-refractivity contribution in [1.82, 2.24) is 20.0 Å². The Morgan fingerprint density at radius 3 is 2.63 bits per heavy atom. The minimum absolute atomic E-state index is 0. The zero-order chi connectivity index (χ0) is 18.7. The van der Waals surface area contributed by atoms with Gasteiger partial charge in [0.15, 0.2) is 5.96 Å². The maximum atomic E-state index is 4.52. The van der Waals surface area contributed by atoms with E-state index in [1.807, 2.05) is 25.0 Å². The lowest BCUT2D eigenvalue weighted by atomic mass is 9.85. The molecule has 148 valence electrons. The van der Waals surface area contributed by atoms with E-state index in [0.29, 0.717) is 5.92 Å². The number of halogens is 2. The van der Waals surface area contributed by atoms with Crippen LogP contribution in [0.3, 0.4) is 0 Å². The molecule has 0 saturated carbocycles. The maximum Gasteiger partial charge on any atom is 0.193 e. The summed E-state index contributed by atoms with van der Waals surface area (Å²) in [5, 5.41) is 7.89. The second-order valence-electron chi connectivity index (χ2n) is 7.67. The monoisotopic (exact) mass is 545 g/mol. The lowest BCUT2D eigenvalue weighted by Crippen LogP contribution is -2.45. The lowest BCUT2D eigenvalue weighted by molar-refractivity contribution is 0.454. The van der Waals surface area contributed by atoms with Gasteiger partial charge >= 0.3 is 0 Å². The van der Waals surface area contributed by atoms with Gasteiger partial charge in [0.05, 0.1) is 6.20 Å². The number of aromatic nitrogens is 2. The van der Waals surface area contributed by atoms with Crippen LogP contribution in [0.5, 0.6) is 0 Å². The third-order valence-corrected chi connectivity index (χ3v) is 5.74. The highest BCUT2D eigenvalue weighted by molar-refractivity contribution is 14.0. The van der Waals surface area contributed by atoms with Gasteiger partial charge in [-0.15, -0.1) is 24.0 Å². The molecule has 0 amide bonds. The van der Waals surface area contributed by atoms with Crippen molar-refractivity contribution >= 4 is 45.9 Å². The van der Waals surface area contributed by atoms with Crippen LogP contribution in [-0.2, 0) is 12.5 Å². The molecule has 0 bridgehead atoms. The van der Waals surface area contributed by atoms with E-state index in [0.717, 1.165) is 36.5 Å². The Morgan fingerprint density at radius 1 is 1.33 bits per heavy atom. The smallest absolute Gasteiger partial charge is 0.193 e. The number of nitrogens with zero attached hydrogens (tertiary/aromatic N) is 4. The minimum atomic E-state index is 0. The van der Waals surface area contributed by atoms with Crippen molar-refractivity contribution in [3.63, 3.8) is 0 Å². The van der Waals surface area contributed by atoms with Gasteiger partial charge in [0.25, 0.3) is 0 Å². The number of rotatable bonds is 4. The summed E-state index contributed by atoms with van der Waals surface area (Å²) >= 11 is 3.51. The quantitative estimate of drug-likeness (QED) is 0.357. The van der Waals surface area contributed by atoms with Crippen LogP contribution in [0.25, 0.3) is 0 Å². The van der Waals surface area contributed by atoms with Gasteiger partial charge in [-0.25, -0.2) is 0 Å². The third-order valence-electron chi connectivity index (χ3n) is 5.21. The standard InChI is InChI=1S/C20H28BrN5.HI/c1-20(2,17-5-7-18(21)8-6-17)14-23-19(22-3)26-10-9-15(13-26)16-11-24-25(4)12-16;/h5-8,11-12,15H,9-10,13-14H2,1-4H3,(H,22,23);1H. The first-order chi connectivity index (χ1) is 12.4. The number of hydrogen-bond acceptors (Lipinski definition) is 2. The van der Waals surface area contributed by atoms with E-state index < -0.39 is 0 Å². The molecule has 1 aliphatic rings. The molecule has 2 aromatic rings. The Labute approximate surface area is 187 Å². The molecule has 1 aliphatic heterocycles. The van der Waals surface area contributed by atoms with Gasteiger partial charge < -0.3 is 10.2 Å². The Hall–Kier alpha value is -1.09. The largest absolute Gasteiger partial charge is 0.355 e. The van der Waals surface area contributed by atoms with Crippen LogP contribution in [0.4, 0.5) is 0 Å². The average molecular weight is 546 g/mol. The number of likely N-dealkylation sites (tertiary alicyclic amines) is 1. The van der Waals surface area contributed by atoms with E-state index in [4.69, 9.17) is 0 Å². The van der Waals surface area contributed by atoms with Crippen LogP contribution >= 0.6 is 39.9 Å². The molecule has 1 fully saturated rings. The van der Waals surface area contributed by atoms with E-state index in [1.54, 1.807) is 0 Å². The van der Waals surface area contributed by atoms with E-state index in [-0.39, 0.29) is 29.4 Å². The topological polar surface area (TPSA) is 45.5 Å². The van der Waals surface area contributed by atoms with Gasteiger partial charge in [0.1, 0.15) is 0 Å². The molecule has 1 aromatic heterocycles. The van der Waals surface area contributed by atoms with Crippen LogP contribution in [0, 0.1) is 0 Å². The predicted molar refractivity (Wildman–Crippen MR) is 126 cm³/mol. The number of nitrogens with one attached hydrogen (secondary N) is 1.